The van der Waals surface area contributed by atoms with E-state index in [0.717, 1.165) is 37.4 Å². The third kappa shape index (κ3) is 5.98. The monoisotopic (exact) mass is 459 g/mol. The van der Waals surface area contributed by atoms with Gasteiger partial charge in [-0.2, -0.15) is 0 Å². The molecule has 1 N–H and O–H groups in total. The van der Waals surface area contributed by atoms with Gasteiger partial charge in [-0.25, -0.2) is 0 Å². The van der Waals surface area contributed by atoms with Crippen LogP contribution in [-0.4, -0.2) is 25.7 Å². The number of aryl methyl sites for hydroxylation is 1. The van der Waals surface area contributed by atoms with E-state index in [9.17, 15) is 4.79 Å². The molecule has 2 heterocycles. The van der Waals surface area contributed by atoms with Crippen LogP contribution >= 0.6 is 0 Å². The van der Waals surface area contributed by atoms with Crippen molar-refractivity contribution in [2.75, 3.05) is 19.8 Å². The zero-order valence-electron chi connectivity index (χ0n) is 20.6. The fourth-order valence-electron chi connectivity index (χ4n) is 5.39. The minimum Gasteiger partial charge on any atom is -0.469 e. The molecule has 4 heteroatoms. The van der Waals surface area contributed by atoms with E-state index in [4.69, 9.17) is 9.15 Å². The van der Waals surface area contributed by atoms with Gasteiger partial charge in [0.2, 0.25) is 5.91 Å². The van der Waals surface area contributed by atoms with E-state index in [0.29, 0.717) is 24.8 Å². The summed E-state index contributed by atoms with van der Waals surface area (Å²) in [6.07, 6.45) is 4.01. The highest BCUT2D eigenvalue weighted by atomic mass is 16.5. The fourth-order valence-corrected chi connectivity index (χ4v) is 5.39. The Morgan fingerprint density at radius 2 is 1.79 bits per heavy atom. The second-order valence-electron chi connectivity index (χ2n) is 10.3. The van der Waals surface area contributed by atoms with E-state index >= 15 is 0 Å². The Morgan fingerprint density at radius 3 is 2.47 bits per heavy atom. The molecule has 1 saturated heterocycles. The normalized spacial score (nSPS) is 19.3. The number of nitrogens with one attached hydrogen (secondary N) is 1. The van der Waals surface area contributed by atoms with E-state index in [1.807, 2.05) is 12.1 Å². The molecule has 0 radical (unpaired) electrons. The van der Waals surface area contributed by atoms with Crippen molar-refractivity contribution in [3.63, 3.8) is 0 Å². The Balaban J connectivity index is 1.42. The van der Waals surface area contributed by atoms with Gasteiger partial charge in [-0.05, 0) is 60.3 Å². The number of hydrogen-bond donors (Lipinski definition) is 1. The van der Waals surface area contributed by atoms with Crippen LogP contribution in [0.4, 0.5) is 0 Å². The van der Waals surface area contributed by atoms with Gasteiger partial charge in [0.05, 0.1) is 18.8 Å². The quantitative estimate of drug-likeness (QED) is 0.399. The number of amides is 1. The topological polar surface area (TPSA) is 51.5 Å². The number of hydrogen-bond acceptors (Lipinski definition) is 3. The van der Waals surface area contributed by atoms with Crippen LogP contribution in [0.1, 0.15) is 67.4 Å². The lowest BCUT2D eigenvalue weighted by atomic mass is 9.66. The predicted octanol–water partition coefficient (Wildman–Crippen LogP) is 6.46. The van der Waals surface area contributed by atoms with Gasteiger partial charge < -0.3 is 14.5 Å². The van der Waals surface area contributed by atoms with E-state index in [-0.39, 0.29) is 17.2 Å². The van der Waals surface area contributed by atoms with E-state index < -0.39 is 0 Å². The molecule has 180 valence electrons. The molecule has 0 unspecified atom stereocenters. The van der Waals surface area contributed by atoms with Gasteiger partial charge in [0.1, 0.15) is 5.76 Å². The van der Waals surface area contributed by atoms with Gasteiger partial charge in [0.15, 0.2) is 0 Å². The molecule has 1 amide bonds. The van der Waals surface area contributed by atoms with Crippen LogP contribution < -0.4 is 5.32 Å². The molecule has 0 aliphatic carbocycles. The smallest absolute Gasteiger partial charge is 0.221 e. The lowest BCUT2D eigenvalue weighted by molar-refractivity contribution is -0.121. The molecule has 0 bridgehead atoms. The van der Waals surface area contributed by atoms with E-state index in [1.165, 1.54) is 11.1 Å². The highest BCUT2D eigenvalue weighted by molar-refractivity contribution is 5.77. The largest absolute Gasteiger partial charge is 0.469 e. The summed E-state index contributed by atoms with van der Waals surface area (Å²) >= 11 is 0. The number of furan rings is 1. The maximum Gasteiger partial charge on any atom is 0.221 e. The van der Waals surface area contributed by atoms with Crippen molar-refractivity contribution in [3.8, 4) is 0 Å². The lowest BCUT2D eigenvalue weighted by Gasteiger charge is -2.43. The first-order valence-electron chi connectivity index (χ1n) is 12.4. The molecule has 4 nitrogen and oxygen atoms in total. The van der Waals surface area contributed by atoms with Gasteiger partial charge in [0, 0.05) is 19.6 Å². The molecular formula is C30H37NO3. The molecule has 0 saturated carbocycles. The van der Waals surface area contributed by atoms with Gasteiger partial charge in [-0.3, -0.25) is 4.79 Å². The highest BCUT2D eigenvalue weighted by Crippen LogP contribution is 2.44. The fraction of sp³-hybridized carbons (Fsp3) is 0.433. The average molecular weight is 460 g/mol. The van der Waals surface area contributed by atoms with E-state index in [2.05, 4.69) is 80.7 Å². The van der Waals surface area contributed by atoms with Gasteiger partial charge in [-0.1, -0.05) is 74.0 Å². The number of carbonyl (C=O) groups excluding carboxylic acids is 1. The third-order valence-electron chi connectivity index (χ3n) is 7.30. The summed E-state index contributed by atoms with van der Waals surface area (Å²) in [5.74, 6) is 1.70. The highest BCUT2D eigenvalue weighted by Gasteiger charge is 2.38. The summed E-state index contributed by atoms with van der Waals surface area (Å²) in [6.45, 7) is 8.94. The van der Waals surface area contributed by atoms with Crippen LogP contribution in [0, 0.1) is 18.3 Å². The molecule has 1 aliphatic rings. The van der Waals surface area contributed by atoms with Crippen LogP contribution in [0.2, 0.25) is 0 Å². The molecule has 34 heavy (non-hydrogen) atoms. The summed E-state index contributed by atoms with van der Waals surface area (Å²) in [4.78, 5) is 13.0. The molecule has 4 rings (SSSR count). The molecule has 2 aromatic carbocycles. The van der Waals surface area contributed by atoms with Crippen LogP contribution in [0.5, 0.6) is 0 Å². The molecule has 1 fully saturated rings. The summed E-state index contributed by atoms with van der Waals surface area (Å²) in [5, 5.41) is 3.21. The van der Waals surface area contributed by atoms with Crippen LogP contribution in [-0.2, 0) is 9.53 Å². The zero-order valence-corrected chi connectivity index (χ0v) is 20.6. The summed E-state index contributed by atoms with van der Waals surface area (Å²) < 4.78 is 11.5. The second kappa shape index (κ2) is 11.1. The van der Waals surface area contributed by atoms with Crippen molar-refractivity contribution in [1.82, 2.24) is 5.32 Å². The van der Waals surface area contributed by atoms with Crippen molar-refractivity contribution >= 4 is 5.91 Å². The second-order valence-corrected chi connectivity index (χ2v) is 10.3. The minimum absolute atomic E-state index is 0.0556. The molecule has 1 aliphatic heterocycles. The lowest BCUT2D eigenvalue weighted by Crippen LogP contribution is -2.39. The Morgan fingerprint density at radius 1 is 1.03 bits per heavy atom. The summed E-state index contributed by atoms with van der Waals surface area (Å²) in [7, 11) is 0. The first-order valence-corrected chi connectivity index (χ1v) is 12.4. The Hall–Kier alpha value is -2.85. The molecule has 3 atom stereocenters. The average Bonchev–Trinajstić information content (AvgIpc) is 3.37. The van der Waals surface area contributed by atoms with E-state index in [1.54, 1.807) is 6.26 Å². The third-order valence-corrected chi connectivity index (χ3v) is 7.30. The molecule has 0 spiro atoms. The SMILES string of the molecule is Cc1ccc([C@@H](CC(=O)NCC[C@H](c2ccccc2)[C@@H]2CCOCC2(C)C)c2ccco2)cc1. The van der Waals surface area contributed by atoms with Crippen LogP contribution in [0.25, 0.3) is 0 Å². The van der Waals surface area contributed by atoms with Crippen molar-refractivity contribution in [3.05, 3.63) is 95.4 Å². The molecule has 1 aromatic heterocycles. The Labute approximate surface area is 203 Å². The first kappa shape index (κ1) is 24.3. The number of carbonyl (C=O) groups is 1. The van der Waals surface area contributed by atoms with Crippen molar-refractivity contribution in [2.24, 2.45) is 11.3 Å². The zero-order chi connectivity index (χ0) is 24.0. The van der Waals surface area contributed by atoms with Gasteiger partial charge in [-0.15, -0.1) is 0 Å². The number of ether oxygens (including phenoxy) is 1. The molecule has 3 aromatic rings. The van der Waals surface area contributed by atoms with Crippen LogP contribution in [0.15, 0.2) is 77.4 Å². The summed E-state index contributed by atoms with van der Waals surface area (Å²) in [6, 6.07) is 22.9. The van der Waals surface area contributed by atoms with Crippen molar-refractivity contribution in [1.29, 1.82) is 0 Å². The Kier molecular flexibility index (Phi) is 7.89. The number of rotatable bonds is 9. The van der Waals surface area contributed by atoms with Gasteiger partial charge >= 0.3 is 0 Å². The van der Waals surface area contributed by atoms with Crippen molar-refractivity contribution < 1.29 is 13.9 Å². The first-order chi connectivity index (χ1) is 16.4. The van der Waals surface area contributed by atoms with Crippen molar-refractivity contribution in [2.45, 2.75) is 51.9 Å². The number of benzene rings is 2. The summed E-state index contributed by atoms with van der Waals surface area (Å²) in [5.41, 5.74) is 3.76. The standard InChI is InChI=1S/C30H37NO3/c1-22-11-13-24(14-12-22)26(28-10-7-18-34-28)20-29(32)31-17-15-25(23-8-5-4-6-9-23)27-16-19-33-21-30(27,2)3/h4-14,18,25-27H,15-17,19-21H2,1-3H3,(H,31,32)/t25-,26-,27+/m1/s1. The Bertz CT molecular complexity index is 1020. The van der Waals surface area contributed by atoms with Gasteiger partial charge in [0.25, 0.3) is 0 Å². The maximum atomic E-state index is 13.0. The minimum atomic E-state index is -0.0880. The molecular weight excluding hydrogens is 422 g/mol. The van der Waals surface area contributed by atoms with Crippen LogP contribution in [0.3, 0.4) is 0 Å². The predicted molar refractivity (Wildman–Crippen MR) is 136 cm³/mol. The maximum absolute atomic E-state index is 13.0.